The Morgan fingerprint density at radius 3 is 2.72 bits per heavy atom. The lowest BCUT2D eigenvalue weighted by Crippen LogP contribution is -2.02. The molecule has 0 saturated carbocycles. The van der Waals surface area contributed by atoms with E-state index in [2.05, 4.69) is 16.4 Å². The number of nitrogens with zero attached hydrogens (tertiary/aromatic N) is 2. The predicted octanol–water partition coefficient (Wildman–Crippen LogP) is 2.57. The minimum Gasteiger partial charge on any atom is -0.497 e. The van der Waals surface area contributed by atoms with Crippen molar-refractivity contribution in [1.29, 1.82) is 5.26 Å². The summed E-state index contributed by atoms with van der Waals surface area (Å²) in [5.74, 6) is 0.819. The lowest BCUT2D eigenvalue weighted by molar-refractivity contribution is 0.415. The highest BCUT2D eigenvalue weighted by molar-refractivity contribution is 5.47. The number of benzene rings is 1. The standard InChI is InChI=1S/C14H13N3O/c1-18-13-6-4-12(5-7-13)17-10-11-3-2-8-16-14(11)9-15/h2-8,17H,10H2,1H3. The fourth-order valence-corrected chi connectivity index (χ4v) is 1.59. The molecule has 1 aromatic carbocycles. The average molecular weight is 239 g/mol. The lowest BCUT2D eigenvalue weighted by atomic mass is 10.2. The van der Waals surface area contributed by atoms with Crippen molar-refractivity contribution in [3.05, 3.63) is 53.9 Å². The van der Waals surface area contributed by atoms with Crippen molar-refractivity contribution in [1.82, 2.24) is 4.98 Å². The molecule has 2 rings (SSSR count). The monoisotopic (exact) mass is 239 g/mol. The van der Waals surface area contributed by atoms with Gasteiger partial charge in [-0.3, -0.25) is 0 Å². The van der Waals surface area contributed by atoms with Crippen molar-refractivity contribution in [3.8, 4) is 11.8 Å². The van der Waals surface area contributed by atoms with E-state index in [4.69, 9.17) is 10.00 Å². The Morgan fingerprint density at radius 1 is 1.28 bits per heavy atom. The maximum Gasteiger partial charge on any atom is 0.145 e. The van der Waals surface area contributed by atoms with Crippen LogP contribution >= 0.6 is 0 Å². The van der Waals surface area contributed by atoms with E-state index >= 15 is 0 Å². The molecule has 0 unspecified atom stereocenters. The summed E-state index contributed by atoms with van der Waals surface area (Å²) in [7, 11) is 1.64. The molecular weight excluding hydrogens is 226 g/mol. The van der Waals surface area contributed by atoms with Gasteiger partial charge in [0, 0.05) is 24.0 Å². The molecule has 0 atom stereocenters. The second kappa shape index (κ2) is 5.69. The molecule has 0 saturated heterocycles. The van der Waals surface area contributed by atoms with Crippen LogP contribution in [0, 0.1) is 11.3 Å². The first kappa shape index (κ1) is 11.9. The van der Waals surface area contributed by atoms with E-state index in [0.717, 1.165) is 17.0 Å². The summed E-state index contributed by atoms with van der Waals surface area (Å²) in [5.41, 5.74) is 2.32. The zero-order valence-electron chi connectivity index (χ0n) is 10.1. The Bertz CT molecular complexity index is 558. The first-order valence-electron chi connectivity index (χ1n) is 5.55. The maximum atomic E-state index is 8.93. The van der Waals surface area contributed by atoms with E-state index in [-0.39, 0.29) is 0 Å². The number of pyridine rings is 1. The molecule has 0 aliphatic rings. The lowest BCUT2D eigenvalue weighted by Gasteiger charge is -2.08. The van der Waals surface area contributed by atoms with Crippen LogP contribution in [0.5, 0.6) is 5.75 Å². The number of ether oxygens (including phenoxy) is 1. The summed E-state index contributed by atoms with van der Waals surface area (Å²) in [6.45, 7) is 0.572. The first-order valence-corrected chi connectivity index (χ1v) is 5.55. The van der Waals surface area contributed by atoms with Crippen molar-refractivity contribution < 1.29 is 4.74 Å². The number of hydrogen-bond acceptors (Lipinski definition) is 4. The molecule has 0 radical (unpaired) electrons. The molecule has 0 amide bonds. The second-order valence-corrected chi connectivity index (χ2v) is 3.70. The van der Waals surface area contributed by atoms with Gasteiger partial charge >= 0.3 is 0 Å². The van der Waals surface area contributed by atoms with Gasteiger partial charge in [0.15, 0.2) is 0 Å². The number of aromatic nitrogens is 1. The summed E-state index contributed by atoms with van der Waals surface area (Å²) in [6.07, 6.45) is 1.62. The number of hydrogen-bond donors (Lipinski definition) is 1. The molecule has 18 heavy (non-hydrogen) atoms. The minimum absolute atomic E-state index is 0.457. The summed E-state index contributed by atoms with van der Waals surface area (Å²) >= 11 is 0. The Balaban J connectivity index is 2.05. The zero-order chi connectivity index (χ0) is 12.8. The highest BCUT2D eigenvalue weighted by Crippen LogP contribution is 2.16. The third kappa shape index (κ3) is 2.77. The average Bonchev–Trinajstić information content (AvgIpc) is 2.46. The topological polar surface area (TPSA) is 57.9 Å². The second-order valence-electron chi connectivity index (χ2n) is 3.70. The van der Waals surface area contributed by atoms with Gasteiger partial charge in [-0.2, -0.15) is 5.26 Å². The Kier molecular flexibility index (Phi) is 3.77. The molecule has 0 bridgehead atoms. The molecule has 1 aromatic heterocycles. The fourth-order valence-electron chi connectivity index (χ4n) is 1.59. The molecule has 0 spiro atoms. The van der Waals surface area contributed by atoms with Crippen molar-refractivity contribution in [2.24, 2.45) is 0 Å². The van der Waals surface area contributed by atoms with Crippen molar-refractivity contribution in [3.63, 3.8) is 0 Å². The third-order valence-electron chi connectivity index (χ3n) is 2.57. The third-order valence-corrected chi connectivity index (χ3v) is 2.57. The number of nitriles is 1. The van der Waals surface area contributed by atoms with E-state index < -0.39 is 0 Å². The summed E-state index contributed by atoms with van der Waals surface area (Å²) in [6, 6.07) is 13.4. The number of methoxy groups -OCH3 is 1. The van der Waals surface area contributed by atoms with Crippen LogP contribution in [-0.4, -0.2) is 12.1 Å². The summed E-state index contributed by atoms with van der Waals surface area (Å²) < 4.78 is 5.09. The fraction of sp³-hybridized carbons (Fsp3) is 0.143. The van der Waals surface area contributed by atoms with Crippen molar-refractivity contribution in [2.75, 3.05) is 12.4 Å². The highest BCUT2D eigenvalue weighted by atomic mass is 16.5. The Morgan fingerprint density at radius 2 is 2.06 bits per heavy atom. The van der Waals surface area contributed by atoms with Crippen LogP contribution in [0.15, 0.2) is 42.6 Å². The summed E-state index contributed by atoms with van der Waals surface area (Å²) in [4.78, 5) is 4.02. The number of nitrogens with one attached hydrogen (secondary N) is 1. The van der Waals surface area contributed by atoms with Gasteiger partial charge in [0.05, 0.1) is 7.11 Å². The van der Waals surface area contributed by atoms with Gasteiger partial charge in [-0.15, -0.1) is 0 Å². The smallest absolute Gasteiger partial charge is 0.145 e. The van der Waals surface area contributed by atoms with Gasteiger partial charge in [0.1, 0.15) is 17.5 Å². The predicted molar refractivity (Wildman–Crippen MR) is 69.3 cm³/mol. The molecule has 0 aliphatic heterocycles. The quantitative estimate of drug-likeness (QED) is 0.890. The van der Waals surface area contributed by atoms with E-state index in [1.54, 1.807) is 13.3 Å². The van der Waals surface area contributed by atoms with Crippen LogP contribution in [0.1, 0.15) is 11.3 Å². The van der Waals surface area contributed by atoms with Gasteiger partial charge < -0.3 is 10.1 Å². The normalized spacial score (nSPS) is 9.56. The van der Waals surface area contributed by atoms with Gasteiger partial charge in [-0.25, -0.2) is 4.98 Å². The van der Waals surface area contributed by atoms with E-state index in [0.29, 0.717) is 12.2 Å². The molecule has 0 fully saturated rings. The molecule has 4 heteroatoms. The van der Waals surface area contributed by atoms with E-state index in [1.165, 1.54) is 0 Å². The van der Waals surface area contributed by atoms with Crippen LogP contribution < -0.4 is 10.1 Å². The summed E-state index contributed by atoms with van der Waals surface area (Å²) in [5, 5.41) is 12.2. The van der Waals surface area contributed by atoms with Gasteiger partial charge in [-0.1, -0.05) is 6.07 Å². The largest absolute Gasteiger partial charge is 0.497 e. The van der Waals surface area contributed by atoms with Crippen LogP contribution in [0.4, 0.5) is 5.69 Å². The Labute approximate surface area is 106 Å². The molecule has 4 nitrogen and oxygen atoms in total. The Hall–Kier alpha value is -2.54. The number of anilines is 1. The van der Waals surface area contributed by atoms with Gasteiger partial charge in [-0.05, 0) is 30.3 Å². The SMILES string of the molecule is COc1ccc(NCc2cccnc2C#N)cc1. The maximum absolute atomic E-state index is 8.93. The molecule has 0 aliphatic carbocycles. The molecule has 2 aromatic rings. The molecular formula is C14H13N3O. The van der Waals surface area contributed by atoms with Gasteiger partial charge in [0.2, 0.25) is 0 Å². The molecule has 1 N–H and O–H groups in total. The van der Waals surface area contributed by atoms with Gasteiger partial charge in [0.25, 0.3) is 0 Å². The van der Waals surface area contributed by atoms with Crippen LogP contribution in [0.25, 0.3) is 0 Å². The molecule has 90 valence electrons. The molecule has 1 heterocycles. The van der Waals surface area contributed by atoms with E-state index in [1.807, 2.05) is 36.4 Å². The first-order chi connectivity index (χ1) is 8.83. The highest BCUT2D eigenvalue weighted by Gasteiger charge is 2.01. The van der Waals surface area contributed by atoms with Crippen LogP contribution in [0.2, 0.25) is 0 Å². The minimum atomic E-state index is 0.457. The van der Waals surface area contributed by atoms with E-state index in [9.17, 15) is 0 Å². The van der Waals surface area contributed by atoms with Crippen molar-refractivity contribution >= 4 is 5.69 Å². The van der Waals surface area contributed by atoms with Crippen LogP contribution in [-0.2, 0) is 6.54 Å². The zero-order valence-corrected chi connectivity index (χ0v) is 10.1. The number of rotatable bonds is 4. The van der Waals surface area contributed by atoms with Crippen LogP contribution in [0.3, 0.4) is 0 Å². The van der Waals surface area contributed by atoms with Crippen molar-refractivity contribution in [2.45, 2.75) is 6.54 Å².